The van der Waals surface area contributed by atoms with Crippen molar-refractivity contribution in [3.05, 3.63) is 84.2 Å². The number of carbonyl (C=O) groups excluding carboxylic acids is 1. The Balaban J connectivity index is 1.12. The third kappa shape index (κ3) is 5.12. The molecule has 7 nitrogen and oxygen atoms in total. The van der Waals surface area contributed by atoms with Crippen LogP contribution in [0, 0.1) is 0 Å². The van der Waals surface area contributed by atoms with Gasteiger partial charge in [0.25, 0.3) is 0 Å². The molecule has 1 aliphatic rings. The Morgan fingerprint density at radius 2 is 1.58 bits per heavy atom. The Bertz CT molecular complexity index is 1170. The van der Waals surface area contributed by atoms with Gasteiger partial charge in [-0.25, -0.2) is 4.79 Å². The summed E-state index contributed by atoms with van der Waals surface area (Å²) in [5.74, 6) is 2.33. The molecule has 1 aliphatic heterocycles. The highest BCUT2D eigenvalue weighted by atomic mass is 32.1. The Morgan fingerprint density at radius 1 is 0.818 bits per heavy atom. The molecule has 5 rings (SSSR count). The maximum absolute atomic E-state index is 12.7. The predicted molar refractivity (Wildman–Crippen MR) is 131 cm³/mol. The fraction of sp³-hybridized carbons (Fsp3) is 0.160. The van der Waals surface area contributed by atoms with Crippen molar-refractivity contribution in [1.29, 1.82) is 0 Å². The first-order valence-electron chi connectivity index (χ1n) is 10.8. The SMILES string of the molecule is O=C(Nc1ccc(Oc2ccccc2)cc1)N1CCN(c2ccc(-c3cccs3)nn2)CC1. The van der Waals surface area contributed by atoms with Gasteiger partial charge < -0.3 is 19.9 Å². The number of benzene rings is 2. The molecule has 0 unspecified atom stereocenters. The van der Waals surface area contributed by atoms with E-state index in [0.29, 0.717) is 26.2 Å². The Hall–Kier alpha value is -3.91. The molecule has 1 N–H and O–H groups in total. The summed E-state index contributed by atoms with van der Waals surface area (Å²) in [4.78, 5) is 17.8. The van der Waals surface area contributed by atoms with Crippen LogP contribution in [0.25, 0.3) is 10.6 Å². The van der Waals surface area contributed by atoms with E-state index >= 15 is 0 Å². The molecule has 0 spiro atoms. The van der Waals surface area contributed by atoms with E-state index in [-0.39, 0.29) is 6.03 Å². The Kier molecular flexibility index (Phi) is 6.16. The van der Waals surface area contributed by atoms with Gasteiger partial charge in [0, 0.05) is 31.9 Å². The normalized spacial score (nSPS) is 13.6. The van der Waals surface area contributed by atoms with Crippen LogP contribution in [0.3, 0.4) is 0 Å². The summed E-state index contributed by atoms with van der Waals surface area (Å²) in [6.07, 6.45) is 0. The summed E-state index contributed by atoms with van der Waals surface area (Å²) in [7, 11) is 0. The molecular formula is C25H23N5O2S. The number of rotatable bonds is 5. The van der Waals surface area contributed by atoms with Gasteiger partial charge >= 0.3 is 6.03 Å². The minimum absolute atomic E-state index is 0.106. The molecule has 0 saturated carbocycles. The van der Waals surface area contributed by atoms with Gasteiger partial charge in [-0.15, -0.1) is 21.5 Å². The Labute approximate surface area is 196 Å². The highest BCUT2D eigenvalue weighted by Gasteiger charge is 2.22. The third-order valence-corrected chi connectivity index (χ3v) is 6.29. The number of aromatic nitrogens is 2. The zero-order valence-electron chi connectivity index (χ0n) is 17.9. The number of carbonyl (C=O) groups is 1. The van der Waals surface area contributed by atoms with Crippen LogP contribution in [-0.4, -0.2) is 47.3 Å². The topological polar surface area (TPSA) is 70.6 Å². The van der Waals surface area contributed by atoms with Crippen LogP contribution in [-0.2, 0) is 0 Å². The minimum atomic E-state index is -0.106. The van der Waals surface area contributed by atoms with Gasteiger partial charge in [-0.1, -0.05) is 24.3 Å². The zero-order chi connectivity index (χ0) is 22.5. The first-order valence-corrected chi connectivity index (χ1v) is 11.6. The summed E-state index contributed by atoms with van der Waals surface area (Å²) in [6, 6.07) is 24.9. The molecule has 2 aromatic heterocycles. The first kappa shape index (κ1) is 21.0. The number of piperazine rings is 1. The standard InChI is InChI=1S/C25H23N5O2S/c31-25(26-19-8-10-21(11-9-19)32-20-5-2-1-3-6-20)30-16-14-29(15-17-30)24-13-12-22(27-28-24)23-7-4-18-33-23/h1-13,18H,14-17H2,(H,26,31). The largest absolute Gasteiger partial charge is 0.457 e. The molecule has 2 aromatic carbocycles. The molecule has 3 heterocycles. The van der Waals surface area contributed by atoms with E-state index < -0.39 is 0 Å². The highest BCUT2D eigenvalue weighted by Crippen LogP contribution is 2.24. The van der Waals surface area contributed by atoms with Gasteiger partial charge in [0.05, 0.1) is 4.88 Å². The third-order valence-electron chi connectivity index (χ3n) is 5.40. The second kappa shape index (κ2) is 9.70. The molecule has 2 amide bonds. The Morgan fingerprint density at radius 3 is 2.24 bits per heavy atom. The molecule has 166 valence electrons. The number of ether oxygens (including phenoxy) is 1. The van der Waals surface area contributed by atoms with Crippen molar-refractivity contribution in [3.63, 3.8) is 0 Å². The quantitative estimate of drug-likeness (QED) is 0.437. The van der Waals surface area contributed by atoms with E-state index in [1.807, 2.05) is 89.1 Å². The lowest BCUT2D eigenvalue weighted by Gasteiger charge is -2.35. The zero-order valence-corrected chi connectivity index (χ0v) is 18.7. The van der Waals surface area contributed by atoms with Crippen molar-refractivity contribution >= 4 is 28.9 Å². The summed E-state index contributed by atoms with van der Waals surface area (Å²) in [5, 5.41) is 13.7. The molecule has 33 heavy (non-hydrogen) atoms. The number of anilines is 2. The van der Waals surface area contributed by atoms with Gasteiger partial charge in [-0.05, 0) is 60.0 Å². The molecule has 8 heteroatoms. The summed E-state index contributed by atoms with van der Waals surface area (Å²) < 4.78 is 5.80. The van der Waals surface area contributed by atoms with Gasteiger partial charge in [-0.2, -0.15) is 0 Å². The van der Waals surface area contributed by atoms with Crippen LogP contribution in [0.4, 0.5) is 16.3 Å². The van der Waals surface area contributed by atoms with Crippen molar-refractivity contribution in [1.82, 2.24) is 15.1 Å². The number of amides is 2. The molecule has 0 aliphatic carbocycles. The van der Waals surface area contributed by atoms with Crippen molar-refractivity contribution in [2.24, 2.45) is 0 Å². The molecule has 1 fully saturated rings. The van der Waals surface area contributed by atoms with E-state index in [4.69, 9.17) is 4.74 Å². The molecule has 1 saturated heterocycles. The van der Waals surface area contributed by atoms with Crippen LogP contribution in [0.1, 0.15) is 0 Å². The lowest BCUT2D eigenvalue weighted by molar-refractivity contribution is 0.208. The maximum Gasteiger partial charge on any atom is 0.321 e. The van der Waals surface area contributed by atoms with Crippen LogP contribution in [0.5, 0.6) is 11.5 Å². The average molecular weight is 458 g/mol. The lowest BCUT2D eigenvalue weighted by atomic mass is 10.3. The van der Waals surface area contributed by atoms with Crippen LogP contribution >= 0.6 is 11.3 Å². The van der Waals surface area contributed by atoms with Crippen molar-refractivity contribution in [3.8, 4) is 22.1 Å². The molecular weight excluding hydrogens is 434 g/mol. The van der Waals surface area contributed by atoms with Gasteiger partial charge in [0.15, 0.2) is 5.82 Å². The average Bonchev–Trinajstić information content (AvgIpc) is 3.41. The van der Waals surface area contributed by atoms with Gasteiger partial charge in [0.2, 0.25) is 0 Å². The molecule has 0 atom stereocenters. The smallest absolute Gasteiger partial charge is 0.321 e. The second-order valence-corrected chi connectivity index (χ2v) is 8.55. The van der Waals surface area contributed by atoms with Crippen molar-refractivity contribution in [2.45, 2.75) is 0 Å². The van der Waals surface area contributed by atoms with E-state index in [2.05, 4.69) is 20.4 Å². The summed E-state index contributed by atoms with van der Waals surface area (Å²) >= 11 is 1.65. The fourth-order valence-electron chi connectivity index (χ4n) is 3.62. The summed E-state index contributed by atoms with van der Waals surface area (Å²) in [5.41, 5.74) is 1.62. The fourth-order valence-corrected chi connectivity index (χ4v) is 4.31. The van der Waals surface area contributed by atoms with Crippen molar-refractivity contribution < 1.29 is 9.53 Å². The number of urea groups is 1. The maximum atomic E-state index is 12.7. The second-order valence-electron chi connectivity index (χ2n) is 7.60. The molecule has 0 radical (unpaired) electrons. The number of nitrogens with zero attached hydrogens (tertiary/aromatic N) is 4. The monoisotopic (exact) mass is 457 g/mol. The van der Waals surface area contributed by atoms with Gasteiger partial charge in [-0.3, -0.25) is 0 Å². The number of hydrogen-bond acceptors (Lipinski definition) is 6. The summed E-state index contributed by atoms with van der Waals surface area (Å²) in [6.45, 7) is 2.67. The minimum Gasteiger partial charge on any atom is -0.457 e. The van der Waals surface area contributed by atoms with E-state index in [1.165, 1.54) is 0 Å². The highest BCUT2D eigenvalue weighted by molar-refractivity contribution is 7.13. The first-order chi connectivity index (χ1) is 16.2. The number of para-hydroxylation sites is 1. The van der Waals surface area contributed by atoms with E-state index in [0.717, 1.165) is 33.6 Å². The molecule has 0 bridgehead atoms. The van der Waals surface area contributed by atoms with E-state index in [1.54, 1.807) is 11.3 Å². The lowest BCUT2D eigenvalue weighted by Crippen LogP contribution is -2.50. The van der Waals surface area contributed by atoms with Crippen molar-refractivity contribution in [2.75, 3.05) is 36.4 Å². The number of nitrogens with one attached hydrogen (secondary N) is 1. The predicted octanol–water partition coefficient (Wildman–Crippen LogP) is 5.35. The molecule has 4 aromatic rings. The van der Waals surface area contributed by atoms with Crippen LogP contribution < -0.4 is 15.0 Å². The van der Waals surface area contributed by atoms with Gasteiger partial charge in [0.1, 0.15) is 17.2 Å². The van der Waals surface area contributed by atoms with E-state index in [9.17, 15) is 4.79 Å². The van der Waals surface area contributed by atoms with Crippen LogP contribution in [0.2, 0.25) is 0 Å². The number of thiophene rings is 1. The van der Waals surface area contributed by atoms with Crippen LogP contribution in [0.15, 0.2) is 84.2 Å². The number of hydrogen-bond donors (Lipinski definition) is 1.